The largest absolute Gasteiger partial charge is 0.466 e. The summed E-state index contributed by atoms with van der Waals surface area (Å²) in [6, 6.07) is 25.1. The summed E-state index contributed by atoms with van der Waals surface area (Å²) in [7, 11) is 0. The molecule has 0 bridgehead atoms. The Kier molecular flexibility index (Phi) is 12.1. The fraction of sp³-hybridized carbons (Fsp3) is 0.442. The average Bonchev–Trinajstić information content (AvgIpc) is 3.49. The summed E-state index contributed by atoms with van der Waals surface area (Å²) in [5.41, 5.74) is 5.80. The molecule has 6 rings (SSSR count). The van der Waals surface area contributed by atoms with Crippen LogP contribution >= 0.6 is 0 Å². The molecule has 0 amide bonds. The minimum Gasteiger partial charge on any atom is -0.466 e. The van der Waals surface area contributed by atoms with Crippen LogP contribution in [0.25, 0.3) is 21.5 Å². The van der Waals surface area contributed by atoms with Gasteiger partial charge in [0.1, 0.15) is 0 Å². The number of rotatable bonds is 13. The predicted octanol–water partition coefficient (Wildman–Crippen LogP) is 9.12. The van der Waals surface area contributed by atoms with Crippen molar-refractivity contribution in [2.75, 3.05) is 33.0 Å². The van der Waals surface area contributed by atoms with E-state index in [9.17, 15) is 9.59 Å². The Hall–Kier alpha value is -4.40. The highest BCUT2D eigenvalue weighted by atomic mass is 16.7. The zero-order valence-corrected chi connectivity index (χ0v) is 31.5. The van der Waals surface area contributed by atoms with Gasteiger partial charge in [0.25, 0.3) is 0 Å². The summed E-state index contributed by atoms with van der Waals surface area (Å²) < 4.78 is 24.3. The second-order valence-corrected chi connectivity index (χ2v) is 13.6. The smallest absolute Gasteiger partial charge is 0.307 e. The van der Waals surface area contributed by atoms with Crippen LogP contribution in [0.15, 0.2) is 77.8 Å². The van der Waals surface area contributed by atoms with Crippen LogP contribution in [0.3, 0.4) is 0 Å². The van der Waals surface area contributed by atoms with E-state index in [4.69, 9.17) is 18.9 Å². The summed E-state index contributed by atoms with van der Waals surface area (Å²) in [6.07, 6.45) is 1.18. The number of benzene rings is 4. The number of esters is 2. The van der Waals surface area contributed by atoms with E-state index in [1.807, 2.05) is 52.8 Å². The zero-order valence-electron chi connectivity index (χ0n) is 31.5. The van der Waals surface area contributed by atoms with E-state index < -0.39 is 5.41 Å². The van der Waals surface area contributed by atoms with Crippen LogP contribution in [0.4, 0.5) is 11.4 Å². The quantitative estimate of drug-likeness (QED) is 0.0789. The second kappa shape index (κ2) is 16.3. The van der Waals surface area contributed by atoms with Crippen molar-refractivity contribution in [2.24, 2.45) is 4.99 Å². The Morgan fingerprint density at radius 1 is 0.686 bits per heavy atom. The van der Waals surface area contributed by atoms with Gasteiger partial charge in [-0.2, -0.15) is 4.58 Å². The van der Waals surface area contributed by atoms with E-state index in [1.54, 1.807) is 0 Å². The standard InChI is InChI=1S/C25H34NO4.C18H19NO2/c1-6-28-22(27)17-25(5)18(4)26(16-15-23(29-7-2)30-8-3)21-14-13-19-11-9-10-12-20(19)24(21)25;1-4-21-16(20)11-18(3)12(2)19-15-10-9-13-7-5-6-8-14(13)17(15)18/h9-14,23H,6-8,15-17H2,1-5H3;5-10H,4,11H2,1-3H3/q+1;. The van der Waals surface area contributed by atoms with E-state index in [-0.39, 0.29) is 23.6 Å². The summed E-state index contributed by atoms with van der Waals surface area (Å²) in [5, 5.41) is 4.72. The van der Waals surface area contributed by atoms with Crippen molar-refractivity contribution in [3.63, 3.8) is 0 Å². The van der Waals surface area contributed by atoms with Crippen LogP contribution in [0.2, 0.25) is 0 Å². The fourth-order valence-electron chi connectivity index (χ4n) is 7.69. The highest BCUT2D eigenvalue weighted by molar-refractivity contribution is 6.08. The summed E-state index contributed by atoms with van der Waals surface area (Å²) in [4.78, 5) is 29.2. The molecule has 4 aromatic carbocycles. The molecule has 0 aromatic heterocycles. The van der Waals surface area contributed by atoms with Crippen LogP contribution < -0.4 is 0 Å². The number of carbonyl (C=O) groups excluding carboxylic acids is 2. The van der Waals surface area contributed by atoms with E-state index in [0.29, 0.717) is 39.3 Å². The maximum absolute atomic E-state index is 12.5. The minimum absolute atomic E-state index is 0.165. The zero-order chi connectivity index (χ0) is 36.8. The van der Waals surface area contributed by atoms with E-state index in [1.165, 1.54) is 27.1 Å². The lowest BCUT2D eigenvalue weighted by Crippen LogP contribution is -2.34. The van der Waals surface area contributed by atoms with Gasteiger partial charge < -0.3 is 18.9 Å². The number of ether oxygens (including phenoxy) is 4. The minimum atomic E-state index is -0.421. The number of carbonyl (C=O) groups is 2. The molecule has 2 aliphatic rings. The maximum Gasteiger partial charge on any atom is 0.307 e. The molecule has 8 heteroatoms. The number of nitrogens with zero attached hydrogens (tertiary/aromatic N) is 2. The number of hydrogen-bond donors (Lipinski definition) is 0. The topological polar surface area (TPSA) is 86.4 Å². The molecule has 2 heterocycles. The third-order valence-electron chi connectivity index (χ3n) is 10.4. The van der Waals surface area contributed by atoms with Gasteiger partial charge in [0.15, 0.2) is 18.5 Å². The highest BCUT2D eigenvalue weighted by Gasteiger charge is 2.49. The first kappa shape index (κ1) is 37.8. The van der Waals surface area contributed by atoms with Crippen LogP contribution in [0.5, 0.6) is 0 Å². The monoisotopic (exact) mass is 693 g/mol. The first-order chi connectivity index (χ1) is 24.5. The van der Waals surface area contributed by atoms with Gasteiger partial charge in [0.2, 0.25) is 5.69 Å². The Labute approximate surface area is 302 Å². The molecule has 2 unspecified atom stereocenters. The van der Waals surface area contributed by atoms with Crippen molar-refractivity contribution >= 4 is 56.3 Å². The van der Waals surface area contributed by atoms with E-state index in [0.717, 1.165) is 41.3 Å². The molecule has 0 saturated heterocycles. The molecule has 0 spiro atoms. The third-order valence-corrected chi connectivity index (χ3v) is 10.4. The van der Waals surface area contributed by atoms with Crippen molar-refractivity contribution in [3.8, 4) is 0 Å². The molecule has 4 aromatic rings. The van der Waals surface area contributed by atoms with Crippen LogP contribution in [0.1, 0.15) is 85.8 Å². The molecule has 51 heavy (non-hydrogen) atoms. The van der Waals surface area contributed by atoms with Crippen LogP contribution in [-0.2, 0) is 39.4 Å². The lowest BCUT2D eigenvalue weighted by atomic mass is 9.75. The Bertz CT molecular complexity index is 1960. The molecule has 0 saturated carbocycles. The second-order valence-electron chi connectivity index (χ2n) is 13.6. The lowest BCUT2D eigenvalue weighted by molar-refractivity contribution is -0.444. The number of hydrogen-bond acceptors (Lipinski definition) is 7. The molecule has 270 valence electrons. The van der Waals surface area contributed by atoms with Gasteiger partial charge in [-0.1, -0.05) is 54.6 Å². The molecule has 8 nitrogen and oxygen atoms in total. The maximum atomic E-state index is 12.5. The number of fused-ring (bicyclic) bond motifs is 6. The average molecular weight is 694 g/mol. The molecule has 0 fully saturated rings. The van der Waals surface area contributed by atoms with Crippen molar-refractivity contribution in [3.05, 3.63) is 83.9 Å². The Morgan fingerprint density at radius 2 is 1.22 bits per heavy atom. The predicted molar refractivity (Wildman–Crippen MR) is 205 cm³/mol. The van der Waals surface area contributed by atoms with Crippen LogP contribution in [0, 0.1) is 0 Å². The molecular weight excluding hydrogens is 640 g/mol. The third kappa shape index (κ3) is 7.63. The Morgan fingerprint density at radius 3 is 1.78 bits per heavy atom. The highest BCUT2D eigenvalue weighted by Crippen LogP contribution is 2.47. The van der Waals surface area contributed by atoms with Crippen molar-refractivity contribution < 1.29 is 33.1 Å². The first-order valence-electron chi connectivity index (χ1n) is 18.3. The summed E-state index contributed by atoms with van der Waals surface area (Å²) in [5.74, 6) is -0.336. The molecule has 2 atom stereocenters. The van der Waals surface area contributed by atoms with Gasteiger partial charge in [-0.15, -0.1) is 0 Å². The van der Waals surface area contributed by atoms with Crippen LogP contribution in [-0.4, -0.2) is 67.2 Å². The molecule has 0 aliphatic carbocycles. The van der Waals surface area contributed by atoms with E-state index >= 15 is 0 Å². The number of aliphatic imine (C=N–C) groups is 1. The SMILES string of the molecule is CCOC(=O)CC1(C)C(C)=Nc2ccc3ccccc3c21.CCOC(=O)CC1(C)C(C)=[N+](CCC(OCC)OCC)c2ccc3ccccc3c21. The molecular formula is C43H53N2O6+. The summed E-state index contributed by atoms with van der Waals surface area (Å²) in [6.45, 7) is 18.8. The molecule has 0 N–H and O–H groups in total. The van der Waals surface area contributed by atoms with Gasteiger partial charge in [-0.25, -0.2) is 0 Å². The van der Waals surface area contributed by atoms with Gasteiger partial charge >= 0.3 is 11.9 Å². The first-order valence-corrected chi connectivity index (χ1v) is 18.3. The van der Waals surface area contributed by atoms with Gasteiger partial charge in [0.05, 0.1) is 43.6 Å². The lowest BCUT2D eigenvalue weighted by Gasteiger charge is -2.26. The van der Waals surface area contributed by atoms with Crippen molar-refractivity contribution in [2.45, 2.75) is 91.8 Å². The van der Waals surface area contributed by atoms with Gasteiger partial charge in [-0.05, 0) is 87.7 Å². The van der Waals surface area contributed by atoms with Gasteiger partial charge in [0, 0.05) is 42.9 Å². The van der Waals surface area contributed by atoms with Crippen molar-refractivity contribution in [1.29, 1.82) is 0 Å². The summed E-state index contributed by atoms with van der Waals surface area (Å²) >= 11 is 0. The molecule has 2 aliphatic heterocycles. The van der Waals surface area contributed by atoms with Crippen molar-refractivity contribution in [1.82, 2.24) is 0 Å². The van der Waals surface area contributed by atoms with E-state index in [2.05, 4.69) is 84.9 Å². The normalized spacial score (nSPS) is 19.1. The fourth-order valence-corrected chi connectivity index (χ4v) is 7.69. The molecule has 0 radical (unpaired) electrons. The Balaban J connectivity index is 0.000000210. The van der Waals surface area contributed by atoms with Gasteiger partial charge in [-0.3, -0.25) is 14.6 Å².